The first kappa shape index (κ1) is 30.1. The van der Waals surface area contributed by atoms with Crippen molar-refractivity contribution in [2.24, 2.45) is 0 Å². The van der Waals surface area contributed by atoms with Gasteiger partial charge in [0.1, 0.15) is 0 Å². The summed E-state index contributed by atoms with van der Waals surface area (Å²) in [7, 11) is 0. The maximum atomic E-state index is 13.8. The Labute approximate surface area is 248 Å². The zero-order chi connectivity index (χ0) is 30.6. The number of aromatic nitrogens is 2. The Kier molecular flexibility index (Phi) is 9.01. The van der Waals surface area contributed by atoms with Crippen LogP contribution < -0.4 is 15.1 Å². The van der Waals surface area contributed by atoms with E-state index in [2.05, 4.69) is 21.3 Å². The first-order valence-corrected chi connectivity index (χ1v) is 14.3. The van der Waals surface area contributed by atoms with Gasteiger partial charge in [0.05, 0.1) is 66.3 Å². The third-order valence-electron chi connectivity index (χ3n) is 7.73. The van der Waals surface area contributed by atoms with Gasteiger partial charge in [0, 0.05) is 25.6 Å². The van der Waals surface area contributed by atoms with Crippen LogP contribution in [0.2, 0.25) is 0 Å². The molecule has 9 nitrogen and oxygen atoms in total. The molecule has 0 aliphatic carbocycles. The maximum Gasteiger partial charge on any atom is 0.416 e. The second-order valence-corrected chi connectivity index (χ2v) is 10.4. The minimum Gasteiger partial charge on any atom is -0.449 e. The predicted octanol–water partition coefficient (Wildman–Crippen LogP) is 6.09. The predicted molar refractivity (Wildman–Crippen MR) is 155 cm³/mol. The number of nitriles is 1. The summed E-state index contributed by atoms with van der Waals surface area (Å²) in [5.74, 6) is 0.260. The zero-order valence-electron chi connectivity index (χ0n) is 24.0. The van der Waals surface area contributed by atoms with Gasteiger partial charge in [-0.15, -0.1) is 0 Å². The highest BCUT2D eigenvalue weighted by Gasteiger charge is 2.39. The van der Waals surface area contributed by atoms with E-state index in [1.165, 1.54) is 11.0 Å². The van der Waals surface area contributed by atoms with Crippen molar-refractivity contribution in [3.8, 4) is 6.07 Å². The molecule has 1 fully saturated rings. The molecule has 1 amide bonds. The van der Waals surface area contributed by atoms with E-state index in [4.69, 9.17) is 14.5 Å². The molecule has 2 atom stereocenters. The number of morpholine rings is 1. The van der Waals surface area contributed by atoms with Crippen molar-refractivity contribution in [1.29, 1.82) is 5.26 Å². The average molecular weight is 595 g/mol. The lowest BCUT2D eigenvalue weighted by atomic mass is 9.89. The van der Waals surface area contributed by atoms with Crippen molar-refractivity contribution in [3.63, 3.8) is 0 Å². The fraction of sp³-hybridized carbons (Fsp3) is 0.419. The lowest BCUT2D eigenvalue weighted by Gasteiger charge is -2.40. The second-order valence-electron chi connectivity index (χ2n) is 10.4. The number of benzene rings is 2. The topological polar surface area (TPSA) is 104 Å². The molecule has 5 rings (SSSR count). The van der Waals surface area contributed by atoms with Gasteiger partial charge in [-0.05, 0) is 61.2 Å². The van der Waals surface area contributed by atoms with Crippen molar-refractivity contribution in [3.05, 3.63) is 76.6 Å². The Bertz CT molecular complexity index is 1500. The highest BCUT2D eigenvalue weighted by atomic mass is 19.4. The van der Waals surface area contributed by atoms with Crippen molar-refractivity contribution < 1.29 is 27.4 Å². The van der Waals surface area contributed by atoms with Gasteiger partial charge in [0.25, 0.3) is 0 Å². The number of nitrogens with one attached hydrogen (secondary N) is 1. The summed E-state index contributed by atoms with van der Waals surface area (Å²) in [5, 5.41) is 12.7. The SMILES string of the molecule is CCOC(=O)N1c2ccc(C(F)(F)F)cc2[C@@H](Nc2ncc(N3CCOCC3)c(Cc3cccc(C#N)c3)n2)C[C@H]1CC. The molecule has 0 saturated carbocycles. The molecule has 12 heteroatoms. The number of carbonyl (C=O) groups is 1. The highest BCUT2D eigenvalue weighted by Crippen LogP contribution is 2.43. The van der Waals surface area contributed by atoms with Crippen molar-refractivity contribution in [1.82, 2.24) is 9.97 Å². The molecule has 226 valence electrons. The number of carbonyl (C=O) groups excluding carboxylic acids is 1. The van der Waals surface area contributed by atoms with E-state index in [0.717, 1.165) is 29.1 Å². The van der Waals surface area contributed by atoms with E-state index in [9.17, 15) is 23.2 Å². The van der Waals surface area contributed by atoms with Gasteiger partial charge < -0.3 is 19.7 Å². The number of nitrogens with zero attached hydrogens (tertiary/aromatic N) is 5. The Morgan fingerprint density at radius 2 is 1.95 bits per heavy atom. The summed E-state index contributed by atoms with van der Waals surface area (Å²) < 4.78 is 52.1. The van der Waals surface area contributed by atoms with Crippen LogP contribution in [0.5, 0.6) is 0 Å². The average Bonchev–Trinajstić information content (AvgIpc) is 3.01. The van der Waals surface area contributed by atoms with E-state index in [1.54, 1.807) is 19.2 Å². The second kappa shape index (κ2) is 12.9. The van der Waals surface area contributed by atoms with E-state index in [-0.39, 0.29) is 18.6 Å². The number of ether oxygens (including phenoxy) is 2. The lowest BCUT2D eigenvalue weighted by Crippen LogP contribution is -2.46. The van der Waals surface area contributed by atoms with Crippen LogP contribution in [-0.2, 0) is 22.1 Å². The van der Waals surface area contributed by atoms with Crippen molar-refractivity contribution >= 4 is 23.4 Å². The fourth-order valence-electron chi connectivity index (χ4n) is 5.64. The molecule has 3 heterocycles. The van der Waals surface area contributed by atoms with Gasteiger partial charge in [-0.25, -0.2) is 14.8 Å². The van der Waals surface area contributed by atoms with Crippen LogP contribution >= 0.6 is 0 Å². The number of hydrogen-bond acceptors (Lipinski definition) is 8. The number of halogens is 3. The Morgan fingerprint density at radius 1 is 1.16 bits per heavy atom. The quantitative estimate of drug-likeness (QED) is 0.351. The number of amides is 1. The Balaban J connectivity index is 1.53. The highest BCUT2D eigenvalue weighted by molar-refractivity contribution is 5.90. The molecule has 43 heavy (non-hydrogen) atoms. The third kappa shape index (κ3) is 6.67. The number of alkyl halides is 3. The first-order chi connectivity index (χ1) is 20.7. The number of anilines is 3. The van der Waals surface area contributed by atoms with Gasteiger partial charge in [0.15, 0.2) is 0 Å². The molecule has 1 aromatic heterocycles. The largest absolute Gasteiger partial charge is 0.449 e. The van der Waals surface area contributed by atoms with Crippen LogP contribution in [0.1, 0.15) is 60.7 Å². The molecule has 2 aliphatic rings. The number of fused-ring (bicyclic) bond motifs is 1. The molecule has 0 radical (unpaired) electrons. The molecule has 3 aromatic rings. The van der Waals surface area contributed by atoms with Gasteiger partial charge >= 0.3 is 12.3 Å². The lowest BCUT2D eigenvalue weighted by molar-refractivity contribution is -0.137. The Morgan fingerprint density at radius 3 is 2.65 bits per heavy atom. The van der Waals surface area contributed by atoms with Gasteiger partial charge in [0.2, 0.25) is 5.95 Å². The van der Waals surface area contributed by atoms with E-state index >= 15 is 0 Å². The molecule has 1 N–H and O–H groups in total. The minimum absolute atomic E-state index is 0.146. The molecule has 2 aromatic carbocycles. The summed E-state index contributed by atoms with van der Waals surface area (Å²) in [6.45, 7) is 6.22. The van der Waals surface area contributed by atoms with Crippen LogP contribution in [0.15, 0.2) is 48.7 Å². The molecule has 1 saturated heterocycles. The summed E-state index contributed by atoms with van der Waals surface area (Å²) in [4.78, 5) is 26.0. The third-order valence-corrected chi connectivity index (χ3v) is 7.73. The fourth-order valence-corrected chi connectivity index (χ4v) is 5.64. The molecular weight excluding hydrogens is 561 g/mol. The van der Waals surface area contributed by atoms with Gasteiger partial charge in [-0.2, -0.15) is 18.4 Å². The summed E-state index contributed by atoms with van der Waals surface area (Å²) in [5.41, 5.74) is 2.85. The van der Waals surface area contributed by atoms with E-state index in [0.29, 0.717) is 62.4 Å². The van der Waals surface area contributed by atoms with Crippen molar-refractivity contribution in [2.45, 2.75) is 51.4 Å². The van der Waals surface area contributed by atoms with Gasteiger partial charge in [-0.3, -0.25) is 4.90 Å². The van der Waals surface area contributed by atoms with Crippen LogP contribution in [0.3, 0.4) is 0 Å². The molecule has 2 aliphatic heterocycles. The number of hydrogen-bond donors (Lipinski definition) is 1. The van der Waals surface area contributed by atoms with Crippen LogP contribution in [-0.4, -0.2) is 55.0 Å². The standard InChI is InChI=1S/C31H33F3N6O3/c1-3-23-17-25(24-16-22(31(32,33)34)8-9-27(24)40(23)30(41)43-4-2)37-29-36-19-28(39-10-12-42-13-11-39)26(38-29)15-20-6-5-7-21(14-20)18-35/h5-9,14,16,19,23,25H,3-4,10-13,15,17H2,1-2H3,(H,36,37,38)/t23-,25+/m1/s1. The van der Waals surface area contributed by atoms with E-state index in [1.807, 2.05) is 25.1 Å². The summed E-state index contributed by atoms with van der Waals surface area (Å²) in [6, 6.07) is 11.9. The Hall–Kier alpha value is -4.37. The monoisotopic (exact) mass is 594 g/mol. The maximum absolute atomic E-state index is 13.8. The normalized spacial score (nSPS) is 18.5. The van der Waals surface area contributed by atoms with Crippen LogP contribution in [0, 0.1) is 11.3 Å². The van der Waals surface area contributed by atoms with Crippen LogP contribution in [0.4, 0.5) is 35.3 Å². The number of rotatable bonds is 7. The summed E-state index contributed by atoms with van der Waals surface area (Å²) >= 11 is 0. The van der Waals surface area contributed by atoms with Crippen LogP contribution in [0.25, 0.3) is 0 Å². The first-order valence-electron chi connectivity index (χ1n) is 14.3. The molecule has 0 unspecified atom stereocenters. The molecule has 0 bridgehead atoms. The summed E-state index contributed by atoms with van der Waals surface area (Å²) in [6.07, 6.45) is -2.11. The van der Waals surface area contributed by atoms with Gasteiger partial charge in [-0.1, -0.05) is 19.1 Å². The smallest absolute Gasteiger partial charge is 0.416 e. The zero-order valence-corrected chi connectivity index (χ0v) is 24.0. The minimum atomic E-state index is -4.56. The molecule has 0 spiro atoms. The molecular formula is C31H33F3N6O3. The van der Waals surface area contributed by atoms with E-state index < -0.39 is 23.9 Å². The van der Waals surface area contributed by atoms with Crippen molar-refractivity contribution in [2.75, 3.05) is 48.0 Å².